The van der Waals surface area contributed by atoms with Crippen LogP contribution in [0.25, 0.3) is 11.4 Å². The highest BCUT2D eigenvalue weighted by Crippen LogP contribution is 2.15. The highest BCUT2D eigenvalue weighted by molar-refractivity contribution is 6.29. The van der Waals surface area contributed by atoms with E-state index in [-0.39, 0.29) is 12.1 Å². The van der Waals surface area contributed by atoms with Crippen LogP contribution in [0.1, 0.15) is 12.0 Å². The summed E-state index contributed by atoms with van der Waals surface area (Å²) in [4.78, 5) is 32.9. The number of fused-ring (bicyclic) bond motifs is 1. The maximum atomic E-state index is 12.5. The van der Waals surface area contributed by atoms with Crippen molar-refractivity contribution in [2.24, 2.45) is 0 Å². The van der Waals surface area contributed by atoms with Gasteiger partial charge in [-0.05, 0) is 30.2 Å². The molecule has 122 valence electrons. The summed E-state index contributed by atoms with van der Waals surface area (Å²) < 4.78 is 2.89. The summed E-state index contributed by atoms with van der Waals surface area (Å²) in [5.41, 5.74) is 0.407. The first-order valence-corrected chi connectivity index (χ1v) is 7.79. The van der Waals surface area contributed by atoms with Crippen LogP contribution in [0, 0.1) is 0 Å². The van der Waals surface area contributed by atoms with Crippen molar-refractivity contribution in [3.05, 3.63) is 80.9 Å². The third-order valence-electron chi connectivity index (χ3n) is 3.65. The van der Waals surface area contributed by atoms with Crippen LogP contribution < -0.4 is 11.2 Å². The van der Waals surface area contributed by atoms with Crippen LogP contribution in [-0.4, -0.2) is 19.1 Å². The minimum Gasteiger partial charge on any atom is -0.328 e. The second-order valence-electron chi connectivity index (χ2n) is 5.29. The SMILES string of the molecule is C=CCCn1c(=O)nc2n(Cc3ccc(Cl)nc3)cccc-2c1=O. The van der Waals surface area contributed by atoms with E-state index >= 15 is 0 Å². The standard InChI is InChI=1S/C17H15ClN4O2/c1-2-3-9-22-16(23)13-5-4-8-21(15(13)20-17(22)24)11-12-6-7-14(18)19-10-12/h2,4-8,10H,1,3,9,11H2. The van der Waals surface area contributed by atoms with Crippen molar-refractivity contribution in [2.75, 3.05) is 0 Å². The summed E-state index contributed by atoms with van der Waals surface area (Å²) >= 11 is 5.79. The number of hydrogen-bond donors (Lipinski definition) is 0. The molecule has 6 nitrogen and oxygen atoms in total. The number of aromatic nitrogens is 4. The van der Waals surface area contributed by atoms with Gasteiger partial charge >= 0.3 is 5.69 Å². The van der Waals surface area contributed by atoms with E-state index in [9.17, 15) is 9.59 Å². The molecule has 0 N–H and O–H groups in total. The van der Waals surface area contributed by atoms with Crippen molar-refractivity contribution in [1.82, 2.24) is 19.1 Å². The molecule has 0 unspecified atom stereocenters. The Morgan fingerprint density at radius 2 is 2.08 bits per heavy atom. The lowest BCUT2D eigenvalue weighted by Gasteiger charge is -2.15. The fourth-order valence-electron chi connectivity index (χ4n) is 2.46. The second kappa shape index (κ2) is 6.80. The summed E-state index contributed by atoms with van der Waals surface area (Å²) in [5, 5.41) is 0.409. The van der Waals surface area contributed by atoms with Gasteiger partial charge in [0, 0.05) is 18.9 Å². The molecule has 0 radical (unpaired) electrons. The van der Waals surface area contributed by atoms with E-state index < -0.39 is 5.69 Å². The van der Waals surface area contributed by atoms with Gasteiger partial charge in [0.25, 0.3) is 5.56 Å². The van der Waals surface area contributed by atoms with E-state index in [1.807, 2.05) is 6.07 Å². The molecule has 0 amide bonds. The maximum Gasteiger partial charge on any atom is 0.352 e. The normalized spacial score (nSPS) is 10.9. The summed E-state index contributed by atoms with van der Waals surface area (Å²) in [6.45, 7) is 4.32. The fourth-order valence-corrected chi connectivity index (χ4v) is 2.57. The number of hydrogen-bond acceptors (Lipinski definition) is 4. The molecular formula is C17H15ClN4O2. The third kappa shape index (κ3) is 3.14. The van der Waals surface area contributed by atoms with Crippen LogP contribution >= 0.6 is 11.6 Å². The Morgan fingerprint density at radius 3 is 2.79 bits per heavy atom. The van der Waals surface area contributed by atoms with Gasteiger partial charge in [0.15, 0.2) is 5.82 Å². The van der Waals surface area contributed by atoms with Crippen molar-refractivity contribution in [3.8, 4) is 11.4 Å². The van der Waals surface area contributed by atoms with Gasteiger partial charge in [-0.2, -0.15) is 4.98 Å². The molecule has 2 aliphatic rings. The lowest BCUT2D eigenvalue weighted by atomic mass is 10.2. The number of pyridine rings is 2. The molecule has 24 heavy (non-hydrogen) atoms. The Balaban J connectivity index is 2.07. The molecule has 3 rings (SSSR count). The average molecular weight is 343 g/mol. The average Bonchev–Trinajstić information content (AvgIpc) is 2.57. The highest BCUT2D eigenvalue weighted by atomic mass is 35.5. The summed E-state index contributed by atoms with van der Waals surface area (Å²) in [6, 6.07) is 6.96. The van der Waals surface area contributed by atoms with E-state index in [1.54, 1.807) is 41.2 Å². The molecule has 0 spiro atoms. The number of rotatable bonds is 5. The molecule has 1 aromatic heterocycles. The molecule has 0 bridgehead atoms. The Labute approximate surface area is 143 Å². The first kappa shape index (κ1) is 16.1. The van der Waals surface area contributed by atoms with E-state index in [0.717, 1.165) is 10.1 Å². The largest absolute Gasteiger partial charge is 0.352 e. The van der Waals surface area contributed by atoms with E-state index in [2.05, 4.69) is 16.5 Å². The molecule has 0 saturated carbocycles. The van der Waals surface area contributed by atoms with E-state index in [4.69, 9.17) is 11.6 Å². The zero-order valence-corrected chi connectivity index (χ0v) is 13.6. The smallest absolute Gasteiger partial charge is 0.328 e. The Kier molecular flexibility index (Phi) is 4.57. The zero-order valence-electron chi connectivity index (χ0n) is 12.9. The summed E-state index contributed by atoms with van der Waals surface area (Å²) in [6.07, 6.45) is 5.62. The summed E-state index contributed by atoms with van der Waals surface area (Å²) in [7, 11) is 0. The summed E-state index contributed by atoms with van der Waals surface area (Å²) in [5.74, 6) is 0.359. The molecule has 0 saturated heterocycles. The molecule has 0 fully saturated rings. The highest BCUT2D eigenvalue weighted by Gasteiger charge is 2.16. The lowest BCUT2D eigenvalue weighted by molar-refractivity contribution is 0.628. The van der Waals surface area contributed by atoms with Gasteiger partial charge in [-0.1, -0.05) is 23.7 Å². The molecular weight excluding hydrogens is 328 g/mol. The van der Waals surface area contributed by atoms with Crippen molar-refractivity contribution in [1.29, 1.82) is 0 Å². The zero-order chi connectivity index (χ0) is 17.1. The van der Waals surface area contributed by atoms with Crippen molar-refractivity contribution in [3.63, 3.8) is 0 Å². The topological polar surface area (TPSA) is 69.8 Å². The lowest BCUT2D eigenvalue weighted by Crippen LogP contribution is -2.38. The van der Waals surface area contributed by atoms with Crippen molar-refractivity contribution >= 4 is 11.6 Å². The molecule has 0 aromatic carbocycles. The van der Waals surface area contributed by atoms with Gasteiger partial charge in [-0.3, -0.25) is 9.36 Å². The predicted octanol–water partition coefficient (Wildman–Crippen LogP) is 2.18. The predicted molar refractivity (Wildman–Crippen MR) is 92.5 cm³/mol. The molecule has 0 atom stereocenters. The van der Waals surface area contributed by atoms with Gasteiger partial charge in [0.2, 0.25) is 0 Å². The van der Waals surface area contributed by atoms with Crippen LogP contribution in [0.2, 0.25) is 5.15 Å². The quantitative estimate of drug-likeness (QED) is 0.526. The minimum absolute atomic E-state index is 0.278. The van der Waals surface area contributed by atoms with Gasteiger partial charge in [0.05, 0.1) is 12.1 Å². The van der Waals surface area contributed by atoms with Crippen LogP contribution in [0.3, 0.4) is 0 Å². The Morgan fingerprint density at radius 1 is 1.25 bits per heavy atom. The van der Waals surface area contributed by atoms with Gasteiger partial charge in [-0.25, -0.2) is 9.78 Å². The van der Waals surface area contributed by atoms with Gasteiger partial charge < -0.3 is 4.57 Å². The van der Waals surface area contributed by atoms with E-state index in [1.165, 1.54) is 0 Å². The fraction of sp³-hybridized carbons (Fsp3) is 0.176. The molecule has 0 aliphatic carbocycles. The minimum atomic E-state index is -0.552. The van der Waals surface area contributed by atoms with Crippen LogP contribution in [0.4, 0.5) is 0 Å². The first-order chi connectivity index (χ1) is 11.6. The van der Waals surface area contributed by atoms with Gasteiger partial charge in [-0.15, -0.1) is 6.58 Å². The van der Waals surface area contributed by atoms with Crippen LogP contribution in [-0.2, 0) is 13.1 Å². The van der Waals surface area contributed by atoms with Crippen LogP contribution in [0.15, 0.2) is 58.9 Å². The molecule has 2 aliphatic heterocycles. The molecule has 7 heteroatoms. The molecule has 3 heterocycles. The number of allylic oxidation sites excluding steroid dienone is 1. The van der Waals surface area contributed by atoms with Crippen molar-refractivity contribution in [2.45, 2.75) is 19.5 Å². The Hall–Kier alpha value is -2.73. The first-order valence-electron chi connectivity index (χ1n) is 7.41. The van der Waals surface area contributed by atoms with Crippen LogP contribution in [0.5, 0.6) is 0 Å². The third-order valence-corrected chi connectivity index (χ3v) is 3.87. The number of halogens is 1. The monoisotopic (exact) mass is 342 g/mol. The van der Waals surface area contributed by atoms with Gasteiger partial charge in [0.1, 0.15) is 5.15 Å². The Bertz CT molecular complexity index is 960. The van der Waals surface area contributed by atoms with E-state index in [0.29, 0.717) is 29.5 Å². The maximum absolute atomic E-state index is 12.5. The number of nitrogens with zero attached hydrogens (tertiary/aromatic N) is 4. The second-order valence-corrected chi connectivity index (χ2v) is 5.68. The molecule has 1 aromatic rings. The van der Waals surface area contributed by atoms with Crippen molar-refractivity contribution < 1.29 is 0 Å².